The number of carbonyl (C=O) groups excluding carboxylic acids is 1. The lowest BCUT2D eigenvalue weighted by molar-refractivity contribution is -0.120. The Labute approximate surface area is 237 Å². The van der Waals surface area contributed by atoms with Gasteiger partial charge in [0.25, 0.3) is 0 Å². The fraction of sp³-hybridized carbons (Fsp3) is 0.290. The van der Waals surface area contributed by atoms with Gasteiger partial charge in [-0.25, -0.2) is 26.9 Å². The minimum atomic E-state index is -3.98. The van der Waals surface area contributed by atoms with Crippen molar-refractivity contribution < 1.29 is 22.0 Å². The van der Waals surface area contributed by atoms with E-state index < -0.39 is 21.9 Å². The molecule has 1 aromatic heterocycles. The number of rotatable bonds is 8. The van der Waals surface area contributed by atoms with Crippen molar-refractivity contribution in [2.24, 2.45) is 13.0 Å². The Morgan fingerprint density at radius 3 is 2.61 bits per heavy atom. The zero-order valence-corrected chi connectivity index (χ0v) is 23.3. The van der Waals surface area contributed by atoms with Crippen LogP contribution in [0, 0.1) is 17.6 Å². The van der Waals surface area contributed by atoms with E-state index in [-0.39, 0.29) is 35.0 Å². The van der Waals surface area contributed by atoms with Crippen LogP contribution < -0.4 is 9.62 Å². The van der Waals surface area contributed by atoms with Gasteiger partial charge in [-0.05, 0) is 90.8 Å². The van der Waals surface area contributed by atoms with E-state index in [1.807, 2.05) is 36.0 Å². The van der Waals surface area contributed by atoms with E-state index in [0.29, 0.717) is 24.4 Å². The van der Waals surface area contributed by atoms with Crippen LogP contribution in [-0.2, 0) is 34.8 Å². The first-order valence-electron chi connectivity index (χ1n) is 13.6. The van der Waals surface area contributed by atoms with Crippen molar-refractivity contribution in [2.45, 2.75) is 49.1 Å². The average Bonchev–Trinajstić information content (AvgIpc) is 3.66. The molecule has 0 unspecified atom stereocenters. The summed E-state index contributed by atoms with van der Waals surface area (Å²) in [6.07, 6.45) is 6.33. The lowest BCUT2D eigenvalue weighted by Gasteiger charge is -2.29. The molecule has 10 heteroatoms. The number of hydrogen-bond acceptors (Lipinski definition) is 4. The molecule has 2 aliphatic rings. The van der Waals surface area contributed by atoms with Crippen molar-refractivity contribution in [3.05, 3.63) is 113 Å². The Bertz CT molecular complexity index is 1700. The largest absolute Gasteiger partial charge is 0.337 e. The zero-order valence-electron chi connectivity index (χ0n) is 22.5. The van der Waals surface area contributed by atoms with Gasteiger partial charge in [-0.3, -0.25) is 4.79 Å². The van der Waals surface area contributed by atoms with Crippen LogP contribution in [0.1, 0.15) is 53.7 Å². The summed E-state index contributed by atoms with van der Waals surface area (Å²) < 4.78 is 58.2. The molecule has 1 saturated carbocycles. The smallest absolute Gasteiger partial charge is 0.241 e. The van der Waals surface area contributed by atoms with Crippen molar-refractivity contribution in [3.8, 4) is 0 Å². The Kier molecular flexibility index (Phi) is 7.21. The molecule has 1 fully saturated rings. The van der Waals surface area contributed by atoms with E-state index in [2.05, 4.69) is 9.71 Å². The predicted molar refractivity (Wildman–Crippen MR) is 150 cm³/mol. The number of hydrogen-bond donors (Lipinski definition) is 1. The standard InChI is InChI=1S/C31H30F2N4O3S/c1-36-15-14-34-30(36)19-37(31(38)28-18-26(28)21-8-11-22(32)12-9-21)24-13-10-20-4-2-7-29(27(20)17-24)35-41(39,40)25-6-3-5-23(33)16-25/h3,5-6,8-17,26,28-29,35H,2,4,7,18-19H2,1H3/t26-,28+,29-/m0/s1. The third-order valence-electron chi connectivity index (χ3n) is 8.05. The summed E-state index contributed by atoms with van der Waals surface area (Å²) in [6.45, 7) is 0.243. The van der Waals surface area contributed by atoms with Gasteiger partial charge in [-0.1, -0.05) is 24.3 Å². The van der Waals surface area contributed by atoms with Crippen molar-refractivity contribution in [1.29, 1.82) is 0 Å². The molecule has 1 N–H and O–H groups in total. The summed E-state index contributed by atoms with van der Waals surface area (Å²) in [5.41, 5.74) is 3.39. The summed E-state index contributed by atoms with van der Waals surface area (Å²) in [4.78, 5) is 20.0. The van der Waals surface area contributed by atoms with Gasteiger partial charge in [0.05, 0.1) is 11.4 Å². The number of aryl methyl sites for hydroxylation is 2. The molecule has 1 heterocycles. The minimum absolute atomic E-state index is 0.00965. The van der Waals surface area contributed by atoms with E-state index in [4.69, 9.17) is 0 Å². The second-order valence-corrected chi connectivity index (χ2v) is 12.5. The maximum Gasteiger partial charge on any atom is 0.241 e. The van der Waals surface area contributed by atoms with Crippen LogP contribution >= 0.6 is 0 Å². The maximum atomic E-state index is 14.0. The van der Waals surface area contributed by atoms with E-state index in [9.17, 15) is 22.0 Å². The average molecular weight is 577 g/mol. The number of carbonyl (C=O) groups is 1. The molecule has 4 aromatic rings. The number of nitrogens with zero attached hydrogens (tertiary/aromatic N) is 3. The van der Waals surface area contributed by atoms with Gasteiger partial charge in [0.2, 0.25) is 15.9 Å². The summed E-state index contributed by atoms with van der Waals surface area (Å²) in [5, 5.41) is 0. The van der Waals surface area contributed by atoms with Crippen LogP contribution in [0.15, 0.2) is 84.0 Å². The highest BCUT2D eigenvalue weighted by molar-refractivity contribution is 7.89. The van der Waals surface area contributed by atoms with Crippen LogP contribution in [-0.4, -0.2) is 23.9 Å². The molecule has 0 radical (unpaired) electrons. The molecular formula is C31H30F2N4O3S. The Hall–Kier alpha value is -3.89. The summed E-state index contributed by atoms with van der Waals surface area (Å²) >= 11 is 0. The second-order valence-electron chi connectivity index (χ2n) is 10.8. The van der Waals surface area contributed by atoms with E-state index in [0.717, 1.165) is 35.6 Å². The van der Waals surface area contributed by atoms with Gasteiger partial charge in [0, 0.05) is 37.1 Å². The highest BCUT2D eigenvalue weighted by Crippen LogP contribution is 2.49. The van der Waals surface area contributed by atoms with Crippen LogP contribution in [0.25, 0.3) is 0 Å². The van der Waals surface area contributed by atoms with E-state index in [1.165, 1.54) is 30.3 Å². The number of imidazole rings is 1. The third kappa shape index (κ3) is 5.67. The SMILES string of the molecule is Cn1ccnc1CN(C(=O)[C@@H]1C[C@H]1c1ccc(F)cc1)c1ccc2c(c1)[C@@H](NS(=O)(=O)c1cccc(F)c1)CCC2. The Morgan fingerprint density at radius 1 is 1.07 bits per heavy atom. The molecule has 7 nitrogen and oxygen atoms in total. The summed E-state index contributed by atoms with van der Waals surface area (Å²) in [7, 11) is -2.11. The van der Waals surface area contributed by atoms with Gasteiger partial charge in [0.1, 0.15) is 17.5 Å². The van der Waals surface area contributed by atoms with Crippen molar-refractivity contribution in [1.82, 2.24) is 14.3 Å². The predicted octanol–water partition coefficient (Wildman–Crippen LogP) is 5.39. The van der Waals surface area contributed by atoms with Gasteiger partial charge in [0.15, 0.2) is 0 Å². The van der Waals surface area contributed by atoms with Gasteiger partial charge >= 0.3 is 0 Å². The second kappa shape index (κ2) is 10.8. The highest BCUT2D eigenvalue weighted by Gasteiger charge is 2.46. The quantitative estimate of drug-likeness (QED) is 0.305. The summed E-state index contributed by atoms with van der Waals surface area (Å²) in [6, 6.07) is 16.4. The normalized spacial score (nSPS) is 19.9. The molecule has 41 heavy (non-hydrogen) atoms. The Morgan fingerprint density at radius 2 is 1.88 bits per heavy atom. The van der Waals surface area contributed by atoms with E-state index >= 15 is 0 Å². The minimum Gasteiger partial charge on any atom is -0.337 e. The van der Waals surface area contributed by atoms with Gasteiger partial charge < -0.3 is 9.47 Å². The number of nitrogens with one attached hydrogen (secondary N) is 1. The van der Waals surface area contributed by atoms with Crippen molar-refractivity contribution in [2.75, 3.05) is 4.90 Å². The van der Waals surface area contributed by atoms with E-state index in [1.54, 1.807) is 23.2 Å². The fourth-order valence-corrected chi connectivity index (χ4v) is 6.98. The molecule has 0 bridgehead atoms. The number of sulfonamides is 1. The number of aromatic nitrogens is 2. The lowest BCUT2D eigenvalue weighted by Crippen LogP contribution is -2.34. The number of amides is 1. The lowest BCUT2D eigenvalue weighted by atomic mass is 9.87. The maximum absolute atomic E-state index is 14.0. The van der Waals surface area contributed by atoms with Crippen molar-refractivity contribution in [3.63, 3.8) is 0 Å². The van der Waals surface area contributed by atoms with Crippen LogP contribution in [0.2, 0.25) is 0 Å². The molecule has 212 valence electrons. The molecular weight excluding hydrogens is 546 g/mol. The first-order chi connectivity index (χ1) is 19.7. The molecule has 3 atom stereocenters. The molecule has 2 aliphatic carbocycles. The molecule has 0 aliphatic heterocycles. The van der Waals surface area contributed by atoms with Gasteiger partial charge in [-0.2, -0.15) is 0 Å². The molecule has 1 amide bonds. The fourth-order valence-electron chi connectivity index (χ4n) is 5.70. The zero-order chi connectivity index (χ0) is 28.7. The van der Waals surface area contributed by atoms with Crippen molar-refractivity contribution >= 4 is 21.6 Å². The van der Waals surface area contributed by atoms with Crippen LogP contribution in [0.3, 0.4) is 0 Å². The highest BCUT2D eigenvalue weighted by atomic mass is 32.2. The number of benzene rings is 3. The first-order valence-corrected chi connectivity index (χ1v) is 15.1. The monoisotopic (exact) mass is 576 g/mol. The molecule has 0 spiro atoms. The summed E-state index contributed by atoms with van der Waals surface area (Å²) in [5.74, 6) is -0.533. The first kappa shape index (κ1) is 27.3. The van der Waals surface area contributed by atoms with Crippen LogP contribution in [0.5, 0.6) is 0 Å². The topological polar surface area (TPSA) is 84.3 Å². The number of anilines is 1. The number of fused-ring (bicyclic) bond motifs is 1. The third-order valence-corrected chi connectivity index (χ3v) is 9.52. The van der Waals surface area contributed by atoms with Crippen LogP contribution in [0.4, 0.5) is 14.5 Å². The molecule has 6 rings (SSSR count). The number of halogens is 2. The Balaban J connectivity index is 1.31. The van der Waals surface area contributed by atoms with Gasteiger partial charge in [-0.15, -0.1) is 0 Å². The molecule has 3 aromatic carbocycles. The molecule has 0 saturated heterocycles.